The molecule has 7 nitrogen and oxygen atoms in total. The third kappa shape index (κ3) is 5.55. The lowest BCUT2D eigenvalue weighted by Crippen LogP contribution is -2.15. The number of hydrogen-bond acceptors (Lipinski definition) is 5. The highest BCUT2D eigenvalue weighted by Crippen LogP contribution is 2.42. The minimum Gasteiger partial charge on any atom is -0.478 e. The van der Waals surface area contributed by atoms with Crippen molar-refractivity contribution in [3.8, 4) is 0 Å². The molecular weight excluding hydrogens is 564 g/mol. The van der Waals surface area contributed by atoms with Crippen LogP contribution < -0.4 is 0 Å². The van der Waals surface area contributed by atoms with Crippen LogP contribution >= 0.6 is 63.7 Å². The van der Waals surface area contributed by atoms with Crippen LogP contribution in [0.3, 0.4) is 0 Å². The van der Waals surface area contributed by atoms with Gasteiger partial charge in [0.25, 0.3) is 0 Å². The summed E-state index contributed by atoms with van der Waals surface area (Å²) in [4.78, 5) is 22.0. The van der Waals surface area contributed by atoms with Gasteiger partial charge in [0.15, 0.2) is 0 Å². The largest absolute Gasteiger partial charge is 0.478 e. The monoisotopic (exact) mass is 570 g/mol. The van der Waals surface area contributed by atoms with Gasteiger partial charge in [-0.1, -0.05) is 0 Å². The van der Waals surface area contributed by atoms with Crippen LogP contribution in [0.1, 0.15) is 20.7 Å². The Balaban J connectivity index is 0.000000626. The first-order chi connectivity index (χ1) is 10.1. The average molecular weight is 574 g/mol. The third-order valence-electron chi connectivity index (χ3n) is 2.12. The van der Waals surface area contributed by atoms with Gasteiger partial charge in [-0.15, -0.1) is 0 Å². The van der Waals surface area contributed by atoms with E-state index in [1.807, 2.05) is 0 Å². The summed E-state index contributed by atoms with van der Waals surface area (Å²) in [6.45, 7) is -0.729. The number of hydrogen-bond donors (Lipinski definition) is 5. The van der Waals surface area contributed by atoms with Crippen LogP contribution in [0.15, 0.2) is 17.9 Å². The predicted octanol–water partition coefficient (Wildman–Crippen LogP) is 2.46. The normalized spacial score (nSPS) is 10.2. The van der Waals surface area contributed by atoms with Crippen LogP contribution in [0.25, 0.3) is 0 Å². The van der Waals surface area contributed by atoms with Crippen LogP contribution in [0.4, 0.5) is 0 Å². The Kier molecular flexibility index (Phi) is 9.94. The quantitative estimate of drug-likeness (QED) is 0.276. The Morgan fingerprint density at radius 3 is 1.18 bits per heavy atom. The van der Waals surface area contributed by atoms with Gasteiger partial charge in [-0.25, -0.2) is 9.59 Å². The molecule has 0 atom stereocenters. The van der Waals surface area contributed by atoms with E-state index in [9.17, 15) is 9.59 Å². The zero-order chi connectivity index (χ0) is 17.6. The maximum absolute atomic E-state index is 11.0. The van der Waals surface area contributed by atoms with Gasteiger partial charge < -0.3 is 25.5 Å². The van der Waals surface area contributed by atoms with E-state index in [0.29, 0.717) is 8.95 Å². The van der Waals surface area contributed by atoms with Crippen molar-refractivity contribution in [2.45, 2.75) is 6.10 Å². The summed E-state index contributed by atoms with van der Waals surface area (Å²) in [6.07, 6.45) is -0.954. The van der Waals surface area contributed by atoms with E-state index in [-0.39, 0.29) is 33.3 Å². The number of rotatable bonds is 4. The Morgan fingerprint density at radius 1 is 0.773 bits per heavy atom. The van der Waals surface area contributed by atoms with E-state index in [0.717, 1.165) is 0 Å². The van der Waals surface area contributed by atoms with Crippen LogP contribution in [0, 0.1) is 0 Å². The molecular formula is C11H10Br4O7. The van der Waals surface area contributed by atoms with Crippen LogP contribution in [0.2, 0.25) is 0 Å². The first-order valence-electron chi connectivity index (χ1n) is 5.32. The second-order valence-corrected chi connectivity index (χ2v) is 6.81. The third-order valence-corrected chi connectivity index (χ3v) is 6.88. The lowest BCUT2D eigenvalue weighted by atomic mass is 10.1. The van der Waals surface area contributed by atoms with Crippen molar-refractivity contribution < 1.29 is 35.1 Å². The number of aliphatic hydroxyl groups is 3. The molecule has 0 aliphatic carbocycles. The van der Waals surface area contributed by atoms with E-state index in [2.05, 4.69) is 63.7 Å². The second kappa shape index (κ2) is 9.96. The van der Waals surface area contributed by atoms with Crippen molar-refractivity contribution >= 4 is 75.7 Å². The van der Waals surface area contributed by atoms with E-state index in [1.54, 1.807) is 0 Å². The predicted molar refractivity (Wildman–Crippen MR) is 91.3 cm³/mol. The van der Waals surface area contributed by atoms with Gasteiger partial charge in [0.05, 0.1) is 24.3 Å². The van der Waals surface area contributed by atoms with Gasteiger partial charge in [-0.05, 0) is 63.7 Å². The molecule has 0 aromatic heterocycles. The van der Waals surface area contributed by atoms with E-state index in [1.165, 1.54) is 0 Å². The number of carboxylic acids is 2. The smallest absolute Gasteiger partial charge is 0.337 e. The Hall–Kier alpha value is -0.0400. The molecule has 0 aliphatic heterocycles. The standard InChI is InChI=1S/C8H2Br4O4.C3H8O3/c9-3-1(7(13)14)2(8(15)16)4(10)6(12)5(3)11;4-1-3(6)2-5/h(H,13,14)(H,15,16);3-6H,1-2H2. The summed E-state index contributed by atoms with van der Waals surface area (Å²) < 4.78 is 1.21. The summed E-state index contributed by atoms with van der Waals surface area (Å²) >= 11 is 12.4. The molecule has 0 spiro atoms. The minimum absolute atomic E-state index is 0.174. The molecule has 0 saturated heterocycles. The summed E-state index contributed by atoms with van der Waals surface area (Å²) in [6, 6.07) is 0. The molecule has 124 valence electrons. The molecule has 0 aliphatic rings. The number of halogens is 4. The number of benzene rings is 1. The fourth-order valence-electron chi connectivity index (χ4n) is 1.09. The van der Waals surface area contributed by atoms with E-state index >= 15 is 0 Å². The molecule has 1 aromatic rings. The van der Waals surface area contributed by atoms with Crippen molar-refractivity contribution in [3.63, 3.8) is 0 Å². The van der Waals surface area contributed by atoms with Crippen molar-refractivity contribution in [2.75, 3.05) is 13.2 Å². The fraction of sp³-hybridized carbons (Fsp3) is 0.273. The maximum atomic E-state index is 11.0. The van der Waals surface area contributed by atoms with Crippen LogP contribution in [-0.4, -0.2) is 56.8 Å². The fourth-order valence-corrected chi connectivity index (χ4v) is 3.55. The van der Waals surface area contributed by atoms with Gasteiger partial charge in [-0.2, -0.15) is 0 Å². The number of carbonyl (C=O) groups is 2. The lowest BCUT2D eigenvalue weighted by Gasteiger charge is -2.11. The van der Waals surface area contributed by atoms with Crippen molar-refractivity contribution in [3.05, 3.63) is 29.0 Å². The summed E-state index contributed by atoms with van der Waals surface area (Å²) in [5.74, 6) is -2.64. The summed E-state index contributed by atoms with van der Waals surface area (Å²) in [5, 5.41) is 42.0. The molecule has 1 aromatic carbocycles. The minimum atomic E-state index is -1.32. The molecule has 0 radical (unpaired) electrons. The topological polar surface area (TPSA) is 135 Å². The van der Waals surface area contributed by atoms with E-state index < -0.39 is 18.0 Å². The molecule has 0 amide bonds. The molecule has 0 heterocycles. The number of carboxylic acid groups (broad SMARTS) is 2. The highest BCUT2D eigenvalue weighted by Gasteiger charge is 2.27. The average Bonchev–Trinajstić information content (AvgIpc) is 2.47. The first-order valence-corrected chi connectivity index (χ1v) is 8.49. The molecule has 1 rings (SSSR count). The molecule has 22 heavy (non-hydrogen) atoms. The Labute approximate surface area is 158 Å². The van der Waals surface area contributed by atoms with Crippen molar-refractivity contribution in [1.29, 1.82) is 0 Å². The Morgan fingerprint density at radius 2 is 1.05 bits per heavy atom. The zero-order valence-electron chi connectivity index (χ0n) is 10.6. The van der Waals surface area contributed by atoms with Gasteiger partial charge in [0.1, 0.15) is 6.10 Å². The summed E-state index contributed by atoms with van der Waals surface area (Å²) in [5.41, 5.74) is -0.621. The zero-order valence-corrected chi connectivity index (χ0v) is 16.9. The highest BCUT2D eigenvalue weighted by molar-refractivity contribution is 9.15. The van der Waals surface area contributed by atoms with Crippen molar-refractivity contribution in [1.82, 2.24) is 0 Å². The molecule has 11 heteroatoms. The van der Waals surface area contributed by atoms with Gasteiger partial charge in [-0.3, -0.25) is 0 Å². The number of aliphatic hydroxyl groups excluding tert-OH is 3. The summed E-state index contributed by atoms with van der Waals surface area (Å²) in [7, 11) is 0. The molecule has 5 N–H and O–H groups in total. The van der Waals surface area contributed by atoms with Gasteiger partial charge in [0, 0.05) is 17.9 Å². The van der Waals surface area contributed by atoms with E-state index in [4.69, 9.17) is 25.5 Å². The number of aromatic carboxylic acids is 2. The molecule has 0 bridgehead atoms. The first kappa shape index (κ1) is 22.0. The highest BCUT2D eigenvalue weighted by atomic mass is 79.9. The Bertz CT molecular complexity index is 527. The maximum Gasteiger partial charge on any atom is 0.337 e. The second-order valence-electron chi connectivity index (χ2n) is 3.64. The van der Waals surface area contributed by atoms with Gasteiger partial charge in [0.2, 0.25) is 0 Å². The lowest BCUT2D eigenvalue weighted by molar-refractivity contribution is 0.0450. The van der Waals surface area contributed by atoms with Gasteiger partial charge >= 0.3 is 11.9 Å². The molecule has 0 saturated carbocycles. The van der Waals surface area contributed by atoms with Crippen LogP contribution in [0.5, 0.6) is 0 Å². The van der Waals surface area contributed by atoms with Crippen LogP contribution in [-0.2, 0) is 0 Å². The molecule has 0 fully saturated rings. The molecule has 0 unspecified atom stereocenters. The SMILES string of the molecule is O=C(O)c1c(Br)c(Br)c(Br)c(Br)c1C(=O)O.OCC(O)CO. The van der Waals surface area contributed by atoms with Crippen molar-refractivity contribution in [2.24, 2.45) is 0 Å².